The van der Waals surface area contributed by atoms with E-state index < -0.39 is 11.2 Å². The summed E-state index contributed by atoms with van der Waals surface area (Å²) < 4.78 is 5.05. The van der Waals surface area contributed by atoms with Gasteiger partial charge in [0.1, 0.15) is 5.69 Å². The van der Waals surface area contributed by atoms with Gasteiger partial charge in [-0.15, -0.1) is 5.10 Å². The molecule has 3 aromatic heterocycles. The number of hydrogen-bond acceptors (Lipinski definition) is 5. The Balaban J connectivity index is 2.19. The zero-order valence-corrected chi connectivity index (χ0v) is 10.5. The topological polar surface area (TPSA) is 105 Å². The van der Waals surface area contributed by atoms with Crippen LogP contribution >= 0.6 is 0 Å². The van der Waals surface area contributed by atoms with E-state index in [-0.39, 0.29) is 5.56 Å². The van der Waals surface area contributed by atoms with Gasteiger partial charge in [0.05, 0.1) is 23.8 Å². The van der Waals surface area contributed by atoms with Crippen molar-refractivity contribution in [3.63, 3.8) is 0 Å². The minimum atomic E-state index is -0.561. The predicted octanol–water partition coefficient (Wildman–Crippen LogP) is 1.09. The lowest BCUT2D eigenvalue weighted by Gasteiger charge is -2.04. The van der Waals surface area contributed by atoms with Gasteiger partial charge in [-0.2, -0.15) is 5.10 Å². The quantitative estimate of drug-likeness (QED) is 0.725. The maximum atomic E-state index is 11.8. The molecule has 3 heterocycles. The molecule has 0 radical (unpaired) electrons. The Bertz CT molecular complexity index is 862. The second-order valence-corrected chi connectivity index (χ2v) is 4.23. The molecule has 0 atom stereocenters. The van der Waals surface area contributed by atoms with Crippen LogP contribution in [-0.2, 0) is 0 Å². The fourth-order valence-corrected chi connectivity index (χ4v) is 1.89. The smallest absolute Gasteiger partial charge is 0.325 e. The largest absolute Gasteiger partial charge is 0.472 e. The van der Waals surface area contributed by atoms with E-state index in [0.717, 1.165) is 16.8 Å². The van der Waals surface area contributed by atoms with Crippen molar-refractivity contribution in [1.29, 1.82) is 0 Å². The van der Waals surface area contributed by atoms with Gasteiger partial charge in [0.15, 0.2) is 0 Å². The predicted molar refractivity (Wildman–Crippen MR) is 71.1 cm³/mol. The van der Waals surface area contributed by atoms with Crippen molar-refractivity contribution in [2.75, 3.05) is 0 Å². The van der Waals surface area contributed by atoms with E-state index in [2.05, 4.69) is 20.2 Å². The van der Waals surface area contributed by atoms with Gasteiger partial charge in [-0.25, -0.2) is 4.79 Å². The number of H-pyrrole nitrogens is 2. The standard InChI is InChI=1S/C13H10N4O3/c1-7-9(8-2-3-20-6-8)4-11(17-16-7)10-5-14-13(19)15-12(10)18/h2-6H,1H3,(H2,14,15,18,19). The fraction of sp³-hybridized carbons (Fsp3) is 0.0769. The molecule has 0 aliphatic carbocycles. The molecule has 0 bridgehead atoms. The summed E-state index contributed by atoms with van der Waals surface area (Å²) in [6, 6.07) is 3.53. The van der Waals surface area contributed by atoms with Crippen LogP contribution in [0.5, 0.6) is 0 Å². The van der Waals surface area contributed by atoms with Crippen LogP contribution in [0.4, 0.5) is 0 Å². The molecule has 7 nitrogen and oxygen atoms in total. The third-order valence-electron chi connectivity index (χ3n) is 2.91. The van der Waals surface area contributed by atoms with Crippen LogP contribution in [0.15, 0.2) is 44.9 Å². The van der Waals surface area contributed by atoms with Gasteiger partial charge in [-0.1, -0.05) is 0 Å². The fourth-order valence-electron chi connectivity index (χ4n) is 1.89. The normalized spacial score (nSPS) is 10.7. The number of furan rings is 1. The van der Waals surface area contributed by atoms with E-state index in [1.165, 1.54) is 6.20 Å². The summed E-state index contributed by atoms with van der Waals surface area (Å²) in [5.74, 6) is 0. The molecule has 3 aromatic rings. The molecule has 3 rings (SSSR count). The van der Waals surface area contributed by atoms with Crippen LogP contribution in [0, 0.1) is 6.92 Å². The van der Waals surface area contributed by atoms with Crippen LogP contribution in [0.3, 0.4) is 0 Å². The molecular formula is C13H10N4O3. The van der Waals surface area contributed by atoms with E-state index in [4.69, 9.17) is 4.42 Å². The molecule has 20 heavy (non-hydrogen) atoms. The van der Waals surface area contributed by atoms with Gasteiger partial charge in [-0.3, -0.25) is 9.78 Å². The Kier molecular flexibility index (Phi) is 2.79. The molecule has 0 amide bonds. The Morgan fingerprint density at radius 2 is 2.05 bits per heavy atom. The molecule has 0 aliphatic rings. The lowest BCUT2D eigenvalue weighted by molar-refractivity contribution is 0.568. The molecule has 0 saturated heterocycles. The first-order valence-electron chi connectivity index (χ1n) is 5.84. The zero-order chi connectivity index (χ0) is 14.1. The summed E-state index contributed by atoms with van der Waals surface area (Å²) in [5, 5.41) is 8.03. The minimum Gasteiger partial charge on any atom is -0.472 e. The number of nitrogens with zero attached hydrogens (tertiary/aromatic N) is 2. The van der Waals surface area contributed by atoms with Gasteiger partial charge in [0, 0.05) is 17.3 Å². The highest BCUT2D eigenvalue weighted by Gasteiger charge is 2.11. The lowest BCUT2D eigenvalue weighted by Crippen LogP contribution is -2.22. The maximum Gasteiger partial charge on any atom is 0.325 e. The molecule has 0 spiro atoms. The van der Waals surface area contributed by atoms with Gasteiger partial charge in [0.2, 0.25) is 0 Å². The highest BCUT2D eigenvalue weighted by Crippen LogP contribution is 2.25. The van der Waals surface area contributed by atoms with Crippen molar-refractivity contribution < 1.29 is 4.42 Å². The Hall–Kier alpha value is -2.96. The number of nitrogens with one attached hydrogen (secondary N) is 2. The zero-order valence-electron chi connectivity index (χ0n) is 10.5. The summed E-state index contributed by atoms with van der Waals surface area (Å²) in [7, 11) is 0. The van der Waals surface area contributed by atoms with Gasteiger partial charge < -0.3 is 9.40 Å². The van der Waals surface area contributed by atoms with E-state index in [9.17, 15) is 9.59 Å². The third-order valence-corrected chi connectivity index (χ3v) is 2.91. The summed E-state index contributed by atoms with van der Waals surface area (Å²) in [6.45, 7) is 1.82. The maximum absolute atomic E-state index is 11.8. The summed E-state index contributed by atoms with van der Waals surface area (Å²) in [4.78, 5) is 27.3. The van der Waals surface area contributed by atoms with Crippen molar-refractivity contribution >= 4 is 0 Å². The van der Waals surface area contributed by atoms with Gasteiger partial charge in [-0.05, 0) is 19.1 Å². The molecular weight excluding hydrogens is 260 g/mol. The Labute approximate surface area is 112 Å². The molecule has 0 aliphatic heterocycles. The second-order valence-electron chi connectivity index (χ2n) is 4.23. The van der Waals surface area contributed by atoms with Crippen molar-refractivity contribution in [3.8, 4) is 22.4 Å². The SMILES string of the molecule is Cc1nnc(-c2c[nH]c(=O)[nH]c2=O)cc1-c1ccoc1. The summed E-state index contributed by atoms with van der Waals surface area (Å²) in [5.41, 5.74) is 1.94. The molecule has 0 fully saturated rings. The number of rotatable bonds is 2. The highest BCUT2D eigenvalue weighted by molar-refractivity contribution is 5.70. The van der Waals surface area contributed by atoms with Crippen molar-refractivity contribution in [2.24, 2.45) is 0 Å². The van der Waals surface area contributed by atoms with Gasteiger partial charge in [0.25, 0.3) is 5.56 Å². The monoisotopic (exact) mass is 270 g/mol. The van der Waals surface area contributed by atoms with E-state index in [0.29, 0.717) is 5.69 Å². The van der Waals surface area contributed by atoms with E-state index >= 15 is 0 Å². The van der Waals surface area contributed by atoms with Crippen LogP contribution in [-0.4, -0.2) is 20.2 Å². The first kappa shape index (κ1) is 12.1. The average Bonchev–Trinajstić information content (AvgIpc) is 2.93. The van der Waals surface area contributed by atoms with E-state index in [1.807, 2.05) is 6.92 Å². The van der Waals surface area contributed by atoms with Gasteiger partial charge >= 0.3 is 5.69 Å². The number of hydrogen-bond donors (Lipinski definition) is 2. The second kappa shape index (κ2) is 4.61. The average molecular weight is 270 g/mol. The Morgan fingerprint density at radius 3 is 2.75 bits per heavy atom. The number of aromatic amines is 2. The van der Waals surface area contributed by atoms with Crippen molar-refractivity contribution in [2.45, 2.75) is 6.92 Å². The molecule has 0 aromatic carbocycles. The first-order chi connectivity index (χ1) is 9.65. The van der Waals surface area contributed by atoms with Crippen LogP contribution in [0.1, 0.15) is 5.69 Å². The molecule has 2 N–H and O–H groups in total. The minimum absolute atomic E-state index is 0.252. The number of aryl methyl sites for hydroxylation is 1. The molecule has 0 unspecified atom stereocenters. The van der Waals surface area contributed by atoms with Crippen molar-refractivity contribution in [1.82, 2.24) is 20.2 Å². The molecule has 100 valence electrons. The third kappa shape index (κ3) is 2.05. The van der Waals surface area contributed by atoms with Crippen LogP contribution in [0.2, 0.25) is 0 Å². The molecule has 7 heteroatoms. The van der Waals surface area contributed by atoms with Crippen molar-refractivity contribution in [3.05, 3.63) is 57.4 Å². The summed E-state index contributed by atoms with van der Waals surface area (Å²) >= 11 is 0. The summed E-state index contributed by atoms with van der Waals surface area (Å²) in [6.07, 6.45) is 4.46. The number of aromatic nitrogens is 4. The van der Waals surface area contributed by atoms with Crippen LogP contribution in [0.25, 0.3) is 22.4 Å². The Morgan fingerprint density at radius 1 is 1.20 bits per heavy atom. The highest BCUT2D eigenvalue weighted by atomic mass is 16.3. The lowest BCUT2D eigenvalue weighted by atomic mass is 10.1. The first-order valence-corrected chi connectivity index (χ1v) is 5.84. The molecule has 0 saturated carbocycles. The van der Waals surface area contributed by atoms with E-state index in [1.54, 1.807) is 24.7 Å². The van der Waals surface area contributed by atoms with Crippen LogP contribution < -0.4 is 11.2 Å².